The van der Waals surface area contributed by atoms with E-state index >= 15 is 0 Å². The highest BCUT2D eigenvalue weighted by Gasteiger charge is 2.22. The Balaban J connectivity index is 1.66. The number of methoxy groups -OCH3 is 3. The van der Waals surface area contributed by atoms with E-state index in [0.29, 0.717) is 35.2 Å². The van der Waals surface area contributed by atoms with Crippen LogP contribution < -0.4 is 28.7 Å². The third-order valence-corrected chi connectivity index (χ3v) is 6.31. The molecule has 0 radical (unpaired) electrons. The molecule has 0 heterocycles. The summed E-state index contributed by atoms with van der Waals surface area (Å²) in [4.78, 5) is 12.5. The summed E-state index contributed by atoms with van der Waals surface area (Å²) in [5.74, 6) is 1.19. The second-order valence-electron chi connectivity index (χ2n) is 7.79. The van der Waals surface area contributed by atoms with Crippen LogP contribution in [0.2, 0.25) is 0 Å². The van der Waals surface area contributed by atoms with Crippen LogP contribution in [0.15, 0.2) is 71.8 Å². The number of carbonyl (C=O) groups excluding carboxylic acids is 1. The van der Waals surface area contributed by atoms with E-state index in [-0.39, 0.29) is 5.69 Å². The van der Waals surface area contributed by atoms with E-state index in [1.807, 2.05) is 30.3 Å². The lowest BCUT2D eigenvalue weighted by atomic mass is 10.2. The van der Waals surface area contributed by atoms with Gasteiger partial charge < -0.3 is 18.9 Å². The number of benzene rings is 3. The summed E-state index contributed by atoms with van der Waals surface area (Å²) in [5.41, 5.74) is 4.26. The Morgan fingerprint density at radius 1 is 0.892 bits per heavy atom. The molecule has 0 fully saturated rings. The highest BCUT2D eigenvalue weighted by molar-refractivity contribution is 7.92. The predicted octanol–water partition coefficient (Wildman–Crippen LogP) is 3.21. The molecule has 10 nitrogen and oxygen atoms in total. The van der Waals surface area contributed by atoms with Crippen LogP contribution >= 0.6 is 0 Å². The van der Waals surface area contributed by atoms with Gasteiger partial charge in [0.2, 0.25) is 10.0 Å². The number of hydrazone groups is 1. The molecule has 0 aliphatic rings. The van der Waals surface area contributed by atoms with Gasteiger partial charge in [-0.3, -0.25) is 9.10 Å². The van der Waals surface area contributed by atoms with Crippen molar-refractivity contribution in [1.29, 1.82) is 0 Å². The van der Waals surface area contributed by atoms with Crippen molar-refractivity contribution in [3.8, 4) is 23.0 Å². The monoisotopic (exact) mass is 527 g/mol. The smallest absolute Gasteiger partial charge is 0.260 e. The van der Waals surface area contributed by atoms with E-state index in [1.165, 1.54) is 39.7 Å². The number of ether oxygens (including phenoxy) is 4. The van der Waals surface area contributed by atoms with Crippen molar-refractivity contribution in [2.75, 3.05) is 38.4 Å². The standard InChI is InChI=1S/C26H29N3O7S/c1-33-22-13-11-21(15-25(22)35-3)29(37(4,31)32)17-26(30)28-27-16-20-10-12-23(24(14-20)34-2)36-18-19-8-6-5-7-9-19/h5-16H,17-18H2,1-4H3,(H,28,30)/b27-16-. The molecule has 0 saturated heterocycles. The highest BCUT2D eigenvalue weighted by atomic mass is 32.2. The minimum absolute atomic E-state index is 0.245. The van der Waals surface area contributed by atoms with Crippen molar-refractivity contribution in [2.45, 2.75) is 6.61 Å². The number of hydrogen-bond acceptors (Lipinski definition) is 8. The molecule has 0 aliphatic carbocycles. The summed E-state index contributed by atoms with van der Waals surface area (Å²) in [6, 6.07) is 19.5. The third-order valence-electron chi connectivity index (χ3n) is 5.17. The molecule has 0 spiro atoms. The van der Waals surface area contributed by atoms with Gasteiger partial charge in [-0.15, -0.1) is 0 Å². The third kappa shape index (κ3) is 7.61. The molecule has 1 N–H and O–H groups in total. The number of nitrogens with one attached hydrogen (secondary N) is 1. The molecule has 0 aliphatic heterocycles. The maximum atomic E-state index is 12.5. The zero-order valence-corrected chi connectivity index (χ0v) is 21.8. The maximum absolute atomic E-state index is 12.5. The van der Waals surface area contributed by atoms with Crippen LogP contribution in [0, 0.1) is 0 Å². The van der Waals surface area contributed by atoms with Gasteiger partial charge in [-0.2, -0.15) is 5.10 Å². The molecule has 3 aromatic rings. The van der Waals surface area contributed by atoms with E-state index in [0.717, 1.165) is 16.1 Å². The number of anilines is 1. The first-order valence-corrected chi connectivity index (χ1v) is 13.0. The fourth-order valence-electron chi connectivity index (χ4n) is 3.34. The summed E-state index contributed by atoms with van der Waals surface area (Å²) in [6.45, 7) is -0.0984. The van der Waals surface area contributed by atoms with Crippen LogP contribution in [0.1, 0.15) is 11.1 Å². The van der Waals surface area contributed by atoms with Crippen LogP contribution in [0.3, 0.4) is 0 Å². The Labute approximate surface area is 216 Å². The van der Waals surface area contributed by atoms with Crippen LogP contribution in [0.5, 0.6) is 23.0 Å². The van der Waals surface area contributed by atoms with Gasteiger partial charge in [0.25, 0.3) is 5.91 Å². The molecule has 0 saturated carbocycles. The fraction of sp³-hybridized carbons (Fsp3) is 0.231. The highest BCUT2D eigenvalue weighted by Crippen LogP contribution is 2.32. The molecule has 37 heavy (non-hydrogen) atoms. The van der Waals surface area contributed by atoms with Crippen LogP contribution in [0.4, 0.5) is 5.69 Å². The lowest BCUT2D eigenvalue weighted by molar-refractivity contribution is -0.119. The van der Waals surface area contributed by atoms with Gasteiger partial charge in [-0.25, -0.2) is 13.8 Å². The van der Waals surface area contributed by atoms with Gasteiger partial charge >= 0.3 is 0 Å². The zero-order chi connectivity index (χ0) is 26.8. The van der Waals surface area contributed by atoms with Gasteiger partial charge in [0, 0.05) is 6.07 Å². The minimum Gasteiger partial charge on any atom is -0.493 e. The van der Waals surface area contributed by atoms with Gasteiger partial charge in [0.1, 0.15) is 13.2 Å². The van der Waals surface area contributed by atoms with Crippen molar-refractivity contribution >= 4 is 27.8 Å². The molecular formula is C26H29N3O7S. The molecule has 0 atom stereocenters. The topological polar surface area (TPSA) is 116 Å². The number of nitrogens with zero attached hydrogens (tertiary/aromatic N) is 2. The average Bonchev–Trinajstić information content (AvgIpc) is 2.90. The SMILES string of the molecule is COc1ccc(N(CC(=O)N/N=C\c2ccc(OCc3ccccc3)c(OC)c2)S(C)(=O)=O)cc1OC. The van der Waals surface area contributed by atoms with E-state index in [1.54, 1.807) is 24.3 Å². The molecular weight excluding hydrogens is 498 g/mol. The van der Waals surface area contributed by atoms with E-state index in [4.69, 9.17) is 18.9 Å². The second kappa shape index (κ2) is 12.6. The molecule has 3 rings (SSSR count). The van der Waals surface area contributed by atoms with Crippen molar-refractivity contribution < 1.29 is 32.2 Å². The molecule has 0 bridgehead atoms. The van der Waals surface area contributed by atoms with E-state index in [9.17, 15) is 13.2 Å². The van der Waals surface area contributed by atoms with Crippen molar-refractivity contribution in [1.82, 2.24) is 5.43 Å². The Bertz CT molecular complexity index is 1350. The summed E-state index contributed by atoms with van der Waals surface area (Å²) in [5, 5.41) is 3.94. The van der Waals surface area contributed by atoms with Gasteiger partial charge in [-0.05, 0) is 41.5 Å². The number of sulfonamides is 1. The Hall–Kier alpha value is -4.25. The predicted molar refractivity (Wildman–Crippen MR) is 141 cm³/mol. The maximum Gasteiger partial charge on any atom is 0.260 e. The van der Waals surface area contributed by atoms with Gasteiger partial charge in [0.15, 0.2) is 23.0 Å². The van der Waals surface area contributed by atoms with Crippen molar-refractivity contribution in [3.63, 3.8) is 0 Å². The minimum atomic E-state index is -3.78. The quantitative estimate of drug-likeness (QED) is 0.284. The molecule has 1 amide bonds. The second-order valence-corrected chi connectivity index (χ2v) is 9.69. The first kappa shape index (κ1) is 27.3. The molecule has 0 unspecified atom stereocenters. The van der Waals surface area contributed by atoms with E-state index < -0.39 is 22.5 Å². The lowest BCUT2D eigenvalue weighted by Crippen LogP contribution is -2.39. The molecule has 0 aromatic heterocycles. The Kier molecular flexibility index (Phi) is 9.33. The average molecular weight is 528 g/mol. The number of rotatable bonds is 12. The summed E-state index contributed by atoms with van der Waals surface area (Å²) in [7, 11) is 0.654. The largest absolute Gasteiger partial charge is 0.493 e. The normalized spacial score (nSPS) is 11.1. The molecule has 196 valence electrons. The zero-order valence-electron chi connectivity index (χ0n) is 21.0. The van der Waals surface area contributed by atoms with Crippen LogP contribution in [-0.4, -0.2) is 54.7 Å². The van der Waals surface area contributed by atoms with Crippen molar-refractivity contribution in [2.24, 2.45) is 5.10 Å². The summed E-state index contributed by atoms with van der Waals surface area (Å²) in [6.07, 6.45) is 2.43. The summed E-state index contributed by atoms with van der Waals surface area (Å²) >= 11 is 0. The number of hydrogen-bond donors (Lipinski definition) is 1. The van der Waals surface area contributed by atoms with Crippen LogP contribution in [-0.2, 0) is 21.4 Å². The fourth-order valence-corrected chi connectivity index (χ4v) is 4.19. The first-order chi connectivity index (χ1) is 17.7. The number of carbonyl (C=O) groups is 1. The Morgan fingerprint density at radius 2 is 1.54 bits per heavy atom. The van der Waals surface area contributed by atoms with Gasteiger partial charge in [0.05, 0.1) is 39.5 Å². The lowest BCUT2D eigenvalue weighted by Gasteiger charge is -2.22. The molecule has 11 heteroatoms. The van der Waals surface area contributed by atoms with Crippen molar-refractivity contribution in [3.05, 3.63) is 77.9 Å². The Morgan fingerprint density at radius 3 is 2.19 bits per heavy atom. The number of amides is 1. The van der Waals surface area contributed by atoms with E-state index in [2.05, 4.69) is 10.5 Å². The van der Waals surface area contributed by atoms with Crippen LogP contribution in [0.25, 0.3) is 0 Å². The first-order valence-electron chi connectivity index (χ1n) is 11.1. The van der Waals surface area contributed by atoms with Gasteiger partial charge in [-0.1, -0.05) is 30.3 Å². The molecule has 3 aromatic carbocycles. The summed E-state index contributed by atoms with van der Waals surface area (Å²) < 4.78 is 47.4.